The molecule has 0 aromatic heterocycles. The molecule has 0 aromatic rings. The molecule has 1 aliphatic heterocycles. The molecule has 0 bridgehead atoms. The summed E-state index contributed by atoms with van der Waals surface area (Å²) in [6, 6.07) is 0.458. The maximum atomic E-state index is 9.55. The van der Waals surface area contributed by atoms with Crippen LogP contribution in [-0.4, -0.2) is 56.5 Å². The van der Waals surface area contributed by atoms with E-state index in [9.17, 15) is 5.11 Å². The summed E-state index contributed by atoms with van der Waals surface area (Å²) in [6.45, 7) is 2.43. The molecule has 0 radical (unpaired) electrons. The number of hydrogen-bond acceptors (Lipinski definition) is 5. The lowest BCUT2D eigenvalue weighted by molar-refractivity contribution is -0.179. The van der Waals surface area contributed by atoms with Crippen LogP contribution in [0.1, 0.15) is 25.7 Å². The highest BCUT2D eigenvalue weighted by Crippen LogP contribution is 2.35. The minimum absolute atomic E-state index is 0.288. The third-order valence-corrected chi connectivity index (χ3v) is 3.56. The standard InChI is InChI=1S/C12H23NO4/c1-15-9-11(14)8-13-10-2-4-12(5-3-10)16-6-7-17-12/h10-11,13-14H,2-9H2,1H3. The zero-order valence-electron chi connectivity index (χ0n) is 10.5. The Hall–Kier alpha value is -0.200. The third kappa shape index (κ3) is 3.63. The van der Waals surface area contributed by atoms with Gasteiger partial charge in [-0.25, -0.2) is 0 Å². The van der Waals surface area contributed by atoms with Crippen LogP contribution < -0.4 is 5.32 Å². The van der Waals surface area contributed by atoms with Crippen LogP contribution in [0.4, 0.5) is 0 Å². The molecule has 17 heavy (non-hydrogen) atoms. The molecule has 1 aliphatic carbocycles. The van der Waals surface area contributed by atoms with Crippen LogP contribution in [0.15, 0.2) is 0 Å². The van der Waals surface area contributed by atoms with Crippen molar-refractivity contribution >= 4 is 0 Å². The predicted molar refractivity (Wildman–Crippen MR) is 62.8 cm³/mol. The summed E-state index contributed by atoms with van der Waals surface area (Å²) < 4.78 is 16.2. The second-order valence-corrected chi connectivity index (χ2v) is 4.90. The quantitative estimate of drug-likeness (QED) is 0.728. The van der Waals surface area contributed by atoms with Crippen molar-refractivity contribution in [2.45, 2.75) is 43.6 Å². The van der Waals surface area contributed by atoms with Gasteiger partial charge in [-0.2, -0.15) is 0 Å². The summed E-state index contributed by atoms with van der Waals surface area (Å²) in [5.74, 6) is -0.288. The Kier molecular flexibility index (Phi) is 4.76. The number of methoxy groups -OCH3 is 1. The molecule has 100 valence electrons. The van der Waals surface area contributed by atoms with Crippen molar-refractivity contribution in [2.24, 2.45) is 0 Å². The Bertz CT molecular complexity index is 221. The van der Waals surface area contributed by atoms with Crippen molar-refractivity contribution in [2.75, 3.05) is 33.5 Å². The summed E-state index contributed by atoms with van der Waals surface area (Å²) in [4.78, 5) is 0. The maximum Gasteiger partial charge on any atom is 0.168 e. The minimum Gasteiger partial charge on any atom is -0.389 e. The van der Waals surface area contributed by atoms with Crippen molar-refractivity contribution in [3.05, 3.63) is 0 Å². The van der Waals surface area contributed by atoms with Crippen molar-refractivity contribution < 1.29 is 19.3 Å². The smallest absolute Gasteiger partial charge is 0.168 e. The minimum atomic E-state index is -0.421. The molecule has 0 amide bonds. The fourth-order valence-electron chi connectivity index (χ4n) is 2.60. The van der Waals surface area contributed by atoms with Crippen molar-refractivity contribution in [1.29, 1.82) is 0 Å². The molecule has 1 heterocycles. The monoisotopic (exact) mass is 245 g/mol. The van der Waals surface area contributed by atoms with E-state index in [1.165, 1.54) is 0 Å². The summed E-state index contributed by atoms with van der Waals surface area (Å²) in [7, 11) is 1.60. The lowest BCUT2D eigenvalue weighted by Crippen LogP contribution is -2.44. The molecule has 0 aromatic carbocycles. The van der Waals surface area contributed by atoms with Crippen LogP contribution in [0.2, 0.25) is 0 Å². The molecule has 5 nitrogen and oxygen atoms in total. The van der Waals surface area contributed by atoms with Crippen LogP contribution in [0.5, 0.6) is 0 Å². The van der Waals surface area contributed by atoms with Gasteiger partial charge in [-0.05, 0) is 12.8 Å². The summed E-state index contributed by atoms with van der Waals surface area (Å²) >= 11 is 0. The van der Waals surface area contributed by atoms with Crippen LogP contribution in [0.25, 0.3) is 0 Å². The topological polar surface area (TPSA) is 60.0 Å². The number of aliphatic hydroxyl groups is 1. The second kappa shape index (κ2) is 6.11. The van der Waals surface area contributed by atoms with Gasteiger partial charge in [-0.15, -0.1) is 0 Å². The van der Waals surface area contributed by atoms with Gasteiger partial charge in [-0.1, -0.05) is 0 Å². The highest BCUT2D eigenvalue weighted by Gasteiger charge is 2.40. The Morgan fingerprint density at radius 3 is 2.59 bits per heavy atom. The molecule has 1 atom stereocenters. The van der Waals surface area contributed by atoms with Gasteiger partial charge in [-0.3, -0.25) is 0 Å². The van der Waals surface area contributed by atoms with E-state index in [0.29, 0.717) is 19.2 Å². The van der Waals surface area contributed by atoms with E-state index >= 15 is 0 Å². The first-order chi connectivity index (χ1) is 8.24. The van der Waals surface area contributed by atoms with Gasteiger partial charge >= 0.3 is 0 Å². The van der Waals surface area contributed by atoms with Gasteiger partial charge in [0.05, 0.1) is 25.9 Å². The molecule has 1 spiro atoms. The fraction of sp³-hybridized carbons (Fsp3) is 1.00. The number of ether oxygens (including phenoxy) is 3. The van der Waals surface area contributed by atoms with Gasteiger partial charge in [0.2, 0.25) is 0 Å². The average Bonchev–Trinajstić information content (AvgIpc) is 2.78. The lowest BCUT2D eigenvalue weighted by Gasteiger charge is -2.35. The van der Waals surface area contributed by atoms with Gasteiger partial charge < -0.3 is 24.6 Å². The van der Waals surface area contributed by atoms with E-state index in [2.05, 4.69) is 5.32 Å². The summed E-state index contributed by atoms with van der Waals surface area (Å²) in [5.41, 5.74) is 0. The summed E-state index contributed by atoms with van der Waals surface area (Å²) in [5, 5.41) is 12.9. The van der Waals surface area contributed by atoms with Crippen molar-refractivity contribution in [3.8, 4) is 0 Å². The highest BCUT2D eigenvalue weighted by molar-refractivity contribution is 4.85. The Labute approximate surface area is 102 Å². The zero-order chi connectivity index (χ0) is 12.1. The molecule has 1 saturated heterocycles. The van der Waals surface area contributed by atoms with E-state index in [1.807, 2.05) is 0 Å². The van der Waals surface area contributed by atoms with E-state index in [4.69, 9.17) is 14.2 Å². The molecule has 1 saturated carbocycles. The van der Waals surface area contributed by atoms with E-state index in [0.717, 1.165) is 38.9 Å². The molecule has 2 fully saturated rings. The second-order valence-electron chi connectivity index (χ2n) is 4.90. The first-order valence-corrected chi connectivity index (χ1v) is 6.42. The van der Waals surface area contributed by atoms with Crippen LogP contribution in [0.3, 0.4) is 0 Å². The van der Waals surface area contributed by atoms with Gasteiger partial charge in [0.1, 0.15) is 0 Å². The van der Waals surface area contributed by atoms with Crippen LogP contribution in [0, 0.1) is 0 Å². The van der Waals surface area contributed by atoms with Crippen molar-refractivity contribution in [1.82, 2.24) is 5.32 Å². The molecular formula is C12H23NO4. The number of aliphatic hydroxyl groups excluding tert-OH is 1. The Morgan fingerprint density at radius 1 is 1.35 bits per heavy atom. The average molecular weight is 245 g/mol. The fourth-order valence-corrected chi connectivity index (χ4v) is 2.60. The van der Waals surface area contributed by atoms with Gasteiger partial charge in [0, 0.05) is 32.5 Å². The summed E-state index contributed by atoms with van der Waals surface area (Å²) in [6.07, 6.45) is 3.56. The van der Waals surface area contributed by atoms with Crippen LogP contribution in [-0.2, 0) is 14.2 Å². The molecular weight excluding hydrogens is 222 g/mol. The Balaban J connectivity index is 1.65. The lowest BCUT2D eigenvalue weighted by atomic mass is 9.90. The number of nitrogens with one attached hydrogen (secondary N) is 1. The molecule has 2 N–H and O–H groups in total. The molecule has 5 heteroatoms. The number of rotatable bonds is 5. The maximum absolute atomic E-state index is 9.55. The molecule has 1 unspecified atom stereocenters. The molecule has 2 rings (SSSR count). The third-order valence-electron chi connectivity index (χ3n) is 3.56. The predicted octanol–water partition coefficient (Wildman–Crippen LogP) is 0.269. The van der Waals surface area contributed by atoms with E-state index < -0.39 is 6.10 Å². The zero-order valence-corrected chi connectivity index (χ0v) is 10.5. The van der Waals surface area contributed by atoms with E-state index in [-0.39, 0.29) is 5.79 Å². The van der Waals surface area contributed by atoms with Gasteiger partial charge in [0.15, 0.2) is 5.79 Å². The normalized spacial score (nSPS) is 26.5. The largest absolute Gasteiger partial charge is 0.389 e. The highest BCUT2D eigenvalue weighted by atomic mass is 16.7. The first-order valence-electron chi connectivity index (χ1n) is 6.42. The van der Waals surface area contributed by atoms with Gasteiger partial charge in [0.25, 0.3) is 0 Å². The van der Waals surface area contributed by atoms with Crippen LogP contribution >= 0.6 is 0 Å². The number of hydrogen-bond donors (Lipinski definition) is 2. The first kappa shape index (κ1) is 13.2. The molecule has 2 aliphatic rings. The van der Waals surface area contributed by atoms with Crippen molar-refractivity contribution in [3.63, 3.8) is 0 Å². The van der Waals surface area contributed by atoms with E-state index in [1.54, 1.807) is 7.11 Å². The SMILES string of the molecule is COCC(O)CNC1CCC2(CC1)OCCO2. The Morgan fingerprint density at radius 2 is 2.00 bits per heavy atom.